The molecule has 1 aromatic heterocycles. The number of anilines is 1. The molecule has 0 unspecified atom stereocenters. The number of amides is 2. The van der Waals surface area contributed by atoms with E-state index in [0.717, 1.165) is 23.4 Å². The van der Waals surface area contributed by atoms with Crippen molar-refractivity contribution in [1.29, 1.82) is 0 Å². The van der Waals surface area contributed by atoms with Crippen LogP contribution in [0.15, 0.2) is 18.2 Å². The Morgan fingerprint density at radius 3 is 2.62 bits per heavy atom. The summed E-state index contributed by atoms with van der Waals surface area (Å²) in [7, 11) is 1.79. The van der Waals surface area contributed by atoms with Crippen LogP contribution in [0.2, 0.25) is 0 Å². The highest BCUT2D eigenvalue weighted by Gasteiger charge is 2.07. The van der Waals surface area contributed by atoms with Crippen LogP contribution in [-0.2, 0) is 7.05 Å². The Labute approximate surface area is 143 Å². The van der Waals surface area contributed by atoms with Gasteiger partial charge in [0.1, 0.15) is 11.6 Å². The molecule has 24 heavy (non-hydrogen) atoms. The quantitative estimate of drug-likeness (QED) is 0.799. The SMILES string of the molecule is Cc1cc(C)c(C)c(OCCCNC(=O)Nc2cc(C)nn2C)c1. The van der Waals surface area contributed by atoms with Gasteiger partial charge < -0.3 is 10.1 Å². The summed E-state index contributed by atoms with van der Waals surface area (Å²) < 4.78 is 7.47. The predicted molar refractivity (Wildman–Crippen MR) is 95.7 cm³/mol. The highest BCUT2D eigenvalue weighted by Crippen LogP contribution is 2.23. The number of carbonyl (C=O) groups excluding carboxylic acids is 1. The van der Waals surface area contributed by atoms with Gasteiger partial charge in [-0.25, -0.2) is 4.79 Å². The number of hydrogen-bond donors (Lipinski definition) is 2. The highest BCUT2D eigenvalue weighted by molar-refractivity contribution is 5.88. The van der Waals surface area contributed by atoms with E-state index >= 15 is 0 Å². The maximum Gasteiger partial charge on any atom is 0.320 e. The van der Waals surface area contributed by atoms with Crippen molar-refractivity contribution in [2.24, 2.45) is 7.05 Å². The molecule has 0 atom stereocenters. The second-order valence-electron chi connectivity index (χ2n) is 6.08. The number of aryl methyl sites for hydroxylation is 4. The molecule has 0 spiro atoms. The minimum Gasteiger partial charge on any atom is -0.493 e. The summed E-state index contributed by atoms with van der Waals surface area (Å²) >= 11 is 0. The van der Waals surface area contributed by atoms with Gasteiger partial charge in [0.25, 0.3) is 0 Å². The topological polar surface area (TPSA) is 68.2 Å². The van der Waals surface area contributed by atoms with Crippen LogP contribution in [-0.4, -0.2) is 29.0 Å². The molecule has 1 heterocycles. The molecule has 0 aliphatic rings. The third-order valence-corrected chi connectivity index (χ3v) is 3.87. The lowest BCUT2D eigenvalue weighted by molar-refractivity contribution is 0.250. The Balaban J connectivity index is 1.71. The summed E-state index contributed by atoms with van der Waals surface area (Å²) in [5.74, 6) is 1.59. The van der Waals surface area contributed by atoms with Crippen LogP contribution < -0.4 is 15.4 Å². The van der Waals surface area contributed by atoms with Gasteiger partial charge in [-0.3, -0.25) is 10.00 Å². The molecule has 0 aliphatic heterocycles. The average molecular weight is 330 g/mol. The monoisotopic (exact) mass is 330 g/mol. The lowest BCUT2D eigenvalue weighted by Gasteiger charge is -2.12. The third-order valence-electron chi connectivity index (χ3n) is 3.87. The molecule has 0 bridgehead atoms. The molecule has 2 N–H and O–H groups in total. The van der Waals surface area contributed by atoms with Gasteiger partial charge in [0.15, 0.2) is 0 Å². The minimum atomic E-state index is -0.236. The zero-order chi connectivity index (χ0) is 17.7. The maximum atomic E-state index is 11.8. The van der Waals surface area contributed by atoms with Crippen molar-refractivity contribution in [3.63, 3.8) is 0 Å². The standard InChI is InChI=1S/C18H26N4O2/c1-12-9-13(2)15(4)16(10-12)24-8-6-7-19-18(23)20-17-11-14(3)21-22(17)5/h9-11H,6-8H2,1-5H3,(H2,19,20,23). The Bertz CT molecular complexity index is 722. The van der Waals surface area contributed by atoms with Gasteiger partial charge in [0.05, 0.1) is 12.3 Å². The van der Waals surface area contributed by atoms with Crippen molar-refractivity contribution in [2.75, 3.05) is 18.5 Å². The lowest BCUT2D eigenvalue weighted by atomic mass is 10.1. The Kier molecular flexibility index (Phi) is 5.84. The van der Waals surface area contributed by atoms with E-state index in [1.807, 2.05) is 19.1 Å². The Hall–Kier alpha value is -2.50. The van der Waals surface area contributed by atoms with Crippen LogP contribution in [0.25, 0.3) is 0 Å². The fourth-order valence-corrected chi connectivity index (χ4v) is 2.50. The second kappa shape index (κ2) is 7.86. The number of nitrogens with zero attached hydrogens (tertiary/aromatic N) is 2. The molecule has 6 heteroatoms. The van der Waals surface area contributed by atoms with E-state index in [-0.39, 0.29) is 6.03 Å². The number of aromatic nitrogens is 2. The highest BCUT2D eigenvalue weighted by atomic mass is 16.5. The Morgan fingerprint density at radius 1 is 1.21 bits per heavy atom. The van der Waals surface area contributed by atoms with Crippen molar-refractivity contribution in [1.82, 2.24) is 15.1 Å². The molecule has 2 amide bonds. The summed E-state index contributed by atoms with van der Waals surface area (Å²) in [6.07, 6.45) is 0.740. The number of urea groups is 1. The smallest absolute Gasteiger partial charge is 0.320 e. The summed E-state index contributed by atoms with van der Waals surface area (Å²) in [6.45, 7) is 9.20. The molecule has 0 saturated heterocycles. The first kappa shape index (κ1) is 17.8. The first-order valence-electron chi connectivity index (χ1n) is 8.13. The van der Waals surface area contributed by atoms with E-state index in [0.29, 0.717) is 19.0 Å². The van der Waals surface area contributed by atoms with E-state index in [1.165, 1.54) is 11.1 Å². The van der Waals surface area contributed by atoms with Crippen molar-refractivity contribution in [2.45, 2.75) is 34.1 Å². The average Bonchev–Trinajstić information content (AvgIpc) is 2.81. The van der Waals surface area contributed by atoms with Crippen LogP contribution in [0.4, 0.5) is 10.6 Å². The Morgan fingerprint density at radius 2 is 1.96 bits per heavy atom. The number of carbonyl (C=O) groups is 1. The van der Waals surface area contributed by atoms with Gasteiger partial charge in [-0.2, -0.15) is 5.10 Å². The molecule has 2 aromatic rings. The van der Waals surface area contributed by atoms with Crippen LogP contribution >= 0.6 is 0 Å². The van der Waals surface area contributed by atoms with Crippen molar-refractivity contribution >= 4 is 11.8 Å². The van der Waals surface area contributed by atoms with Crippen LogP contribution in [0, 0.1) is 27.7 Å². The van der Waals surface area contributed by atoms with Crippen molar-refractivity contribution in [3.05, 3.63) is 40.6 Å². The lowest BCUT2D eigenvalue weighted by Crippen LogP contribution is -2.31. The largest absolute Gasteiger partial charge is 0.493 e. The molecule has 2 rings (SSSR count). The van der Waals surface area contributed by atoms with E-state index < -0.39 is 0 Å². The molecule has 1 aromatic carbocycles. The first-order valence-corrected chi connectivity index (χ1v) is 8.13. The molecule has 0 saturated carbocycles. The van der Waals surface area contributed by atoms with Crippen molar-refractivity contribution in [3.8, 4) is 5.75 Å². The van der Waals surface area contributed by atoms with Crippen LogP contribution in [0.1, 0.15) is 28.8 Å². The minimum absolute atomic E-state index is 0.236. The predicted octanol–water partition coefficient (Wildman–Crippen LogP) is 3.24. The number of rotatable bonds is 6. The number of nitrogens with one attached hydrogen (secondary N) is 2. The normalized spacial score (nSPS) is 10.5. The van der Waals surface area contributed by atoms with E-state index in [2.05, 4.69) is 42.6 Å². The van der Waals surface area contributed by atoms with E-state index in [4.69, 9.17) is 4.74 Å². The van der Waals surface area contributed by atoms with Gasteiger partial charge >= 0.3 is 6.03 Å². The molecule has 0 radical (unpaired) electrons. The zero-order valence-electron chi connectivity index (χ0n) is 15.1. The van der Waals surface area contributed by atoms with Gasteiger partial charge in [-0.05, 0) is 56.9 Å². The fourth-order valence-electron chi connectivity index (χ4n) is 2.50. The summed E-state index contributed by atoms with van der Waals surface area (Å²) in [6, 6.07) is 5.79. The van der Waals surface area contributed by atoms with E-state index in [9.17, 15) is 4.79 Å². The fraction of sp³-hybridized carbons (Fsp3) is 0.444. The number of benzene rings is 1. The van der Waals surface area contributed by atoms with Crippen LogP contribution in [0.5, 0.6) is 5.75 Å². The summed E-state index contributed by atoms with van der Waals surface area (Å²) in [5, 5.41) is 9.78. The second-order valence-corrected chi connectivity index (χ2v) is 6.08. The van der Waals surface area contributed by atoms with Crippen molar-refractivity contribution < 1.29 is 9.53 Å². The first-order chi connectivity index (χ1) is 11.4. The third kappa shape index (κ3) is 4.75. The van der Waals surface area contributed by atoms with Gasteiger partial charge in [-0.1, -0.05) is 6.07 Å². The molecule has 6 nitrogen and oxygen atoms in total. The van der Waals surface area contributed by atoms with E-state index in [1.54, 1.807) is 11.7 Å². The molecular formula is C18H26N4O2. The number of hydrogen-bond acceptors (Lipinski definition) is 3. The van der Waals surface area contributed by atoms with Gasteiger partial charge in [-0.15, -0.1) is 0 Å². The molecule has 0 aliphatic carbocycles. The van der Waals surface area contributed by atoms with Crippen LogP contribution in [0.3, 0.4) is 0 Å². The molecule has 0 fully saturated rings. The summed E-state index contributed by atoms with van der Waals surface area (Å²) in [5.41, 5.74) is 4.45. The summed E-state index contributed by atoms with van der Waals surface area (Å²) in [4.78, 5) is 11.8. The zero-order valence-corrected chi connectivity index (χ0v) is 15.1. The number of ether oxygens (including phenoxy) is 1. The molecular weight excluding hydrogens is 304 g/mol. The molecule has 130 valence electrons. The van der Waals surface area contributed by atoms with Gasteiger partial charge in [0, 0.05) is 19.7 Å². The van der Waals surface area contributed by atoms with Gasteiger partial charge in [0.2, 0.25) is 0 Å². The maximum absolute atomic E-state index is 11.8.